The zero-order chi connectivity index (χ0) is 7.68. The van der Waals surface area contributed by atoms with Crippen molar-refractivity contribution in [3.8, 4) is 0 Å². The van der Waals surface area contributed by atoms with Crippen LogP contribution in [0.15, 0.2) is 5.16 Å². The average Bonchev–Trinajstić information content (AvgIpc) is 2.53. The Kier molecular flexibility index (Phi) is 1.84. The lowest BCUT2D eigenvalue weighted by molar-refractivity contribution is 0.210. The molecule has 0 amide bonds. The molecule has 0 aromatic carbocycles. The summed E-state index contributed by atoms with van der Waals surface area (Å²) in [7, 11) is 1.65. The van der Waals surface area contributed by atoms with E-state index in [-0.39, 0.29) is 0 Å². The van der Waals surface area contributed by atoms with E-state index < -0.39 is 0 Å². The number of oxime groups is 1. The Morgan fingerprint density at radius 1 is 1.36 bits per heavy atom. The van der Waals surface area contributed by atoms with E-state index in [2.05, 4.69) is 5.16 Å². The topological polar surface area (TPSA) is 21.6 Å². The highest BCUT2D eigenvalue weighted by Crippen LogP contribution is 2.42. The van der Waals surface area contributed by atoms with Gasteiger partial charge in [-0.3, -0.25) is 0 Å². The highest BCUT2D eigenvalue weighted by molar-refractivity contribution is 5.88. The standard InChI is InChI=1S/C9H15NO/c1-11-10-9-6-5-7-3-2-4-8(7)9/h7-8H,2-6H2,1H3/t7-,8-/m1/s1. The zero-order valence-electron chi connectivity index (χ0n) is 7.05. The molecule has 0 radical (unpaired) electrons. The van der Waals surface area contributed by atoms with Crippen molar-refractivity contribution >= 4 is 5.71 Å². The van der Waals surface area contributed by atoms with Crippen LogP contribution in [-0.4, -0.2) is 12.8 Å². The molecule has 62 valence electrons. The molecule has 2 heteroatoms. The van der Waals surface area contributed by atoms with Crippen molar-refractivity contribution in [2.24, 2.45) is 17.0 Å². The first-order chi connectivity index (χ1) is 5.42. The molecule has 0 aromatic rings. The Morgan fingerprint density at radius 3 is 3.09 bits per heavy atom. The van der Waals surface area contributed by atoms with Gasteiger partial charge in [-0.15, -0.1) is 0 Å². The second-order valence-electron chi connectivity index (χ2n) is 3.60. The van der Waals surface area contributed by atoms with Gasteiger partial charge in [0, 0.05) is 5.92 Å². The van der Waals surface area contributed by atoms with Gasteiger partial charge in [-0.2, -0.15) is 0 Å². The van der Waals surface area contributed by atoms with Gasteiger partial charge < -0.3 is 4.84 Å². The first-order valence-corrected chi connectivity index (χ1v) is 4.51. The van der Waals surface area contributed by atoms with Crippen LogP contribution in [0.4, 0.5) is 0 Å². The van der Waals surface area contributed by atoms with Gasteiger partial charge >= 0.3 is 0 Å². The molecule has 0 saturated heterocycles. The summed E-state index contributed by atoms with van der Waals surface area (Å²) in [6.07, 6.45) is 6.72. The van der Waals surface area contributed by atoms with Crippen LogP contribution in [0.1, 0.15) is 32.1 Å². The molecule has 0 aliphatic heterocycles. The fourth-order valence-corrected chi connectivity index (χ4v) is 2.57. The fraction of sp³-hybridized carbons (Fsp3) is 0.889. The molecule has 0 aromatic heterocycles. The molecule has 0 spiro atoms. The second kappa shape index (κ2) is 2.84. The van der Waals surface area contributed by atoms with E-state index in [1.807, 2.05) is 0 Å². The third kappa shape index (κ3) is 1.15. The highest BCUT2D eigenvalue weighted by Gasteiger charge is 2.36. The zero-order valence-corrected chi connectivity index (χ0v) is 7.05. The number of nitrogens with zero attached hydrogens (tertiary/aromatic N) is 1. The molecule has 2 rings (SSSR count). The van der Waals surface area contributed by atoms with Crippen molar-refractivity contribution in [3.63, 3.8) is 0 Å². The van der Waals surface area contributed by atoms with Gasteiger partial charge in [-0.05, 0) is 31.6 Å². The Balaban J connectivity index is 2.08. The molecule has 0 unspecified atom stereocenters. The molecule has 2 saturated carbocycles. The molecule has 0 N–H and O–H groups in total. The summed E-state index contributed by atoms with van der Waals surface area (Å²) < 4.78 is 0. The maximum Gasteiger partial charge on any atom is 0.106 e. The van der Waals surface area contributed by atoms with Crippen molar-refractivity contribution in [3.05, 3.63) is 0 Å². The molecule has 2 nitrogen and oxygen atoms in total. The predicted molar refractivity (Wildman–Crippen MR) is 44.5 cm³/mol. The number of hydrogen-bond acceptors (Lipinski definition) is 2. The van der Waals surface area contributed by atoms with Crippen LogP contribution in [0.3, 0.4) is 0 Å². The maximum absolute atomic E-state index is 4.82. The third-order valence-electron chi connectivity index (χ3n) is 3.07. The van der Waals surface area contributed by atoms with Gasteiger partial charge in [0.15, 0.2) is 0 Å². The normalized spacial score (nSPS) is 39.5. The Morgan fingerprint density at radius 2 is 2.27 bits per heavy atom. The van der Waals surface area contributed by atoms with Gasteiger partial charge in [-0.25, -0.2) is 0 Å². The highest BCUT2D eigenvalue weighted by atomic mass is 16.6. The summed E-state index contributed by atoms with van der Waals surface area (Å²) in [6, 6.07) is 0. The Hall–Kier alpha value is -0.530. The lowest BCUT2D eigenvalue weighted by Crippen LogP contribution is -2.08. The van der Waals surface area contributed by atoms with Crippen molar-refractivity contribution in [2.45, 2.75) is 32.1 Å². The van der Waals surface area contributed by atoms with E-state index in [0.29, 0.717) is 0 Å². The van der Waals surface area contributed by atoms with Gasteiger partial charge in [0.1, 0.15) is 7.11 Å². The Labute approximate surface area is 67.6 Å². The van der Waals surface area contributed by atoms with Gasteiger partial charge in [0.25, 0.3) is 0 Å². The van der Waals surface area contributed by atoms with Crippen molar-refractivity contribution in [1.82, 2.24) is 0 Å². The smallest absolute Gasteiger partial charge is 0.106 e. The van der Waals surface area contributed by atoms with Gasteiger partial charge in [0.2, 0.25) is 0 Å². The Bertz CT molecular complexity index is 176. The van der Waals surface area contributed by atoms with Crippen LogP contribution in [0.25, 0.3) is 0 Å². The minimum absolute atomic E-state index is 0.787. The summed E-state index contributed by atoms with van der Waals surface area (Å²) in [5, 5.41) is 4.08. The molecule has 11 heavy (non-hydrogen) atoms. The van der Waals surface area contributed by atoms with E-state index >= 15 is 0 Å². The first-order valence-electron chi connectivity index (χ1n) is 4.51. The van der Waals surface area contributed by atoms with E-state index in [9.17, 15) is 0 Å². The number of fused-ring (bicyclic) bond motifs is 1. The van der Waals surface area contributed by atoms with Crippen molar-refractivity contribution in [1.29, 1.82) is 0 Å². The molecular formula is C9H15NO. The molecule has 2 aliphatic carbocycles. The molecular weight excluding hydrogens is 138 g/mol. The van der Waals surface area contributed by atoms with Crippen LogP contribution in [0.2, 0.25) is 0 Å². The quantitative estimate of drug-likeness (QED) is 0.529. The minimum atomic E-state index is 0.787. The summed E-state index contributed by atoms with van der Waals surface area (Å²) >= 11 is 0. The lowest BCUT2D eigenvalue weighted by atomic mass is 10.00. The second-order valence-corrected chi connectivity index (χ2v) is 3.60. The van der Waals surface area contributed by atoms with Crippen molar-refractivity contribution in [2.75, 3.05) is 7.11 Å². The van der Waals surface area contributed by atoms with E-state index in [1.165, 1.54) is 37.8 Å². The summed E-state index contributed by atoms with van der Waals surface area (Å²) in [6.45, 7) is 0. The van der Waals surface area contributed by atoms with Crippen LogP contribution >= 0.6 is 0 Å². The van der Waals surface area contributed by atoms with Crippen LogP contribution in [-0.2, 0) is 4.84 Å². The fourth-order valence-electron chi connectivity index (χ4n) is 2.57. The molecule has 2 aliphatic rings. The molecule has 0 heterocycles. The predicted octanol–water partition coefficient (Wildman–Crippen LogP) is 2.20. The monoisotopic (exact) mass is 153 g/mol. The minimum Gasteiger partial charge on any atom is -0.399 e. The summed E-state index contributed by atoms with van der Waals surface area (Å²) in [5.74, 6) is 1.74. The third-order valence-corrected chi connectivity index (χ3v) is 3.07. The first kappa shape index (κ1) is 7.14. The van der Waals surface area contributed by atoms with Crippen molar-refractivity contribution < 1.29 is 4.84 Å². The SMILES string of the molecule is CON=C1CC[C@H]2CCC[C@@H]12. The van der Waals surface area contributed by atoms with Crippen LogP contribution in [0, 0.1) is 11.8 Å². The molecule has 2 atom stereocenters. The largest absolute Gasteiger partial charge is 0.399 e. The van der Waals surface area contributed by atoms with Gasteiger partial charge in [-0.1, -0.05) is 11.6 Å². The summed E-state index contributed by atoms with van der Waals surface area (Å²) in [5.41, 5.74) is 1.33. The number of hydrogen-bond donors (Lipinski definition) is 0. The van der Waals surface area contributed by atoms with E-state index in [1.54, 1.807) is 7.11 Å². The van der Waals surface area contributed by atoms with E-state index in [0.717, 1.165) is 11.8 Å². The number of rotatable bonds is 1. The van der Waals surface area contributed by atoms with E-state index in [4.69, 9.17) is 4.84 Å². The lowest BCUT2D eigenvalue weighted by Gasteiger charge is -2.06. The summed E-state index contributed by atoms with van der Waals surface area (Å²) in [4.78, 5) is 4.82. The van der Waals surface area contributed by atoms with Crippen LogP contribution in [0.5, 0.6) is 0 Å². The molecule has 2 fully saturated rings. The van der Waals surface area contributed by atoms with Gasteiger partial charge in [0.05, 0.1) is 5.71 Å². The van der Waals surface area contributed by atoms with Crippen LogP contribution < -0.4 is 0 Å². The maximum atomic E-state index is 4.82. The average molecular weight is 153 g/mol. The molecule has 0 bridgehead atoms.